The van der Waals surface area contributed by atoms with E-state index in [2.05, 4.69) is 18.9 Å². The van der Waals surface area contributed by atoms with Crippen LogP contribution in [0.1, 0.15) is 58.3 Å². The number of nitrogens with one attached hydrogen (secondary N) is 1. The zero-order valence-corrected chi connectivity index (χ0v) is 9.60. The number of allylic oxidation sites excluding steroid dienone is 1. The van der Waals surface area contributed by atoms with Gasteiger partial charge in [-0.25, -0.2) is 0 Å². The molecule has 0 saturated heterocycles. The Morgan fingerprint density at radius 2 is 1.93 bits per heavy atom. The lowest BCUT2D eigenvalue weighted by Crippen LogP contribution is -2.34. The van der Waals surface area contributed by atoms with Gasteiger partial charge >= 0.3 is 0 Å². The molecule has 0 aromatic heterocycles. The highest BCUT2D eigenvalue weighted by molar-refractivity contribution is 4.70. The maximum absolute atomic E-state index is 5.49. The zero-order valence-electron chi connectivity index (χ0n) is 9.60. The maximum Gasteiger partial charge on any atom is 0.0210 e. The van der Waals surface area contributed by atoms with E-state index in [1.807, 2.05) is 6.08 Å². The molecule has 1 atom stereocenters. The lowest BCUT2D eigenvalue weighted by atomic mass is 10.0. The highest BCUT2D eigenvalue weighted by atomic mass is 15.2. The van der Waals surface area contributed by atoms with Crippen molar-refractivity contribution in [2.45, 2.75) is 64.3 Å². The molecular weight excluding hydrogens is 172 g/mol. The van der Waals surface area contributed by atoms with E-state index >= 15 is 0 Å². The van der Waals surface area contributed by atoms with Gasteiger partial charge < -0.3 is 0 Å². The van der Waals surface area contributed by atoms with Crippen molar-refractivity contribution in [3.63, 3.8) is 0 Å². The van der Waals surface area contributed by atoms with Crippen molar-refractivity contribution in [2.75, 3.05) is 0 Å². The number of rotatable bonds is 10. The van der Waals surface area contributed by atoms with Crippen molar-refractivity contribution in [1.29, 1.82) is 0 Å². The summed E-state index contributed by atoms with van der Waals surface area (Å²) in [5, 5.41) is 0. The molecular formula is C12H26N2. The number of hydrazine groups is 1. The Morgan fingerprint density at radius 3 is 2.50 bits per heavy atom. The molecule has 2 nitrogen and oxygen atoms in total. The summed E-state index contributed by atoms with van der Waals surface area (Å²) in [5.74, 6) is 5.49. The summed E-state index contributed by atoms with van der Waals surface area (Å²) in [5.41, 5.74) is 2.90. The predicted molar refractivity (Wildman–Crippen MR) is 63.9 cm³/mol. The quantitative estimate of drug-likeness (QED) is 0.245. The minimum Gasteiger partial charge on any atom is -0.271 e. The van der Waals surface area contributed by atoms with Gasteiger partial charge in [0, 0.05) is 6.04 Å². The molecule has 0 aliphatic carbocycles. The summed E-state index contributed by atoms with van der Waals surface area (Å²) in [6.45, 7) is 5.96. The normalized spacial score (nSPS) is 12.7. The summed E-state index contributed by atoms with van der Waals surface area (Å²) >= 11 is 0. The first-order valence-electron chi connectivity index (χ1n) is 5.92. The van der Waals surface area contributed by atoms with E-state index in [9.17, 15) is 0 Å². The van der Waals surface area contributed by atoms with Gasteiger partial charge in [-0.3, -0.25) is 11.3 Å². The van der Waals surface area contributed by atoms with E-state index in [1.54, 1.807) is 0 Å². The molecule has 0 bridgehead atoms. The average Bonchev–Trinajstić information content (AvgIpc) is 2.22. The predicted octanol–water partition coefficient (Wildman–Crippen LogP) is 3.15. The average molecular weight is 198 g/mol. The summed E-state index contributed by atoms with van der Waals surface area (Å²) in [4.78, 5) is 0. The fourth-order valence-corrected chi connectivity index (χ4v) is 1.64. The largest absolute Gasteiger partial charge is 0.271 e. The van der Waals surface area contributed by atoms with Crippen LogP contribution in [0.3, 0.4) is 0 Å². The molecule has 14 heavy (non-hydrogen) atoms. The Kier molecular flexibility index (Phi) is 10.5. The number of unbranched alkanes of at least 4 members (excludes halogenated alkanes) is 4. The van der Waals surface area contributed by atoms with Crippen molar-refractivity contribution < 1.29 is 0 Å². The molecule has 3 N–H and O–H groups in total. The second kappa shape index (κ2) is 10.7. The fraction of sp³-hybridized carbons (Fsp3) is 0.833. The molecule has 0 aliphatic rings. The van der Waals surface area contributed by atoms with E-state index in [0.717, 1.165) is 6.42 Å². The first kappa shape index (κ1) is 13.7. The maximum atomic E-state index is 5.49. The molecule has 0 spiro atoms. The first-order chi connectivity index (χ1) is 6.85. The molecule has 0 rings (SSSR count). The molecule has 0 aromatic rings. The van der Waals surface area contributed by atoms with Crippen molar-refractivity contribution in [3.8, 4) is 0 Å². The van der Waals surface area contributed by atoms with Crippen LogP contribution in [0.25, 0.3) is 0 Å². The van der Waals surface area contributed by atoms with Gasteiger partial charge in [0.15, 0.2) is 0 Å². The topological polar surface area (TPSA) is 38.0 Å². The Balaban J connectivity index is 3.33. The third-order valence-electron chi connectivity index (χ3n) is 2.60. The van der Waals surface area contributed by atoms with Crippen molar-refractivity contribution >= 4 is 0 Å². The standard InChI is InChI=1S/C12H26N2/c1-3-5-7-9-11-12(14-13)10-8-6-4-2/h4,12,14H,2-3,5-11,13H2,1H3. The Bertz CT molecular complexity index is 123. The highest BCUT2D eigenvalue weighted by Crippen LogP contribution is 2.10. The second-order valence-corrected chi connectivity index (χ2v) is 3.93. The molecule has 0 saturated carbocycles. The van der Waals surface area contributed by atoms with Crippen LogP contribution in [0.4, 0.5) is 0 Å². The van der Waals surface area contributed by atoms with Gasteiger partial charge in [-0.05, 0) is 25.7 Å². The summed E-state index contributed by atoms with van der Waals surface area (Å²) in [6.07, 6.45) is 12.0. The zero-order chi connectivity index (χ0) is 10.6. The van der Waals surface area contributed by atoms with Crippen LogP contribution in [0.15, 0.2) is 12.7 Å². The third kappa shape index (κ3) is 8.27. The van der Waals surface area contributed by atoms with E-state index in [0.29, 0.717) is 6.04 Å². The van der Waals surface area contributed by atoms with Crippen molar-refractivity contribution in [2.24, 2.45) is 5.84 Å². The van der Waals surface area contributed by atoms with Crippen LogP contribution in [-0.4, -0.2) is 6.04 Å². The van der Waals surface area contributed by atoms with Gasteiger partial charge in [-0.15, -0.1) is 6.58 Å². The molecule has 0 heterocycles. The molecule has 0 amide bonds. The Labute approximate surface area is 88.9 Å². The van der Waals surface area contributed by atoms with E-state index in [4.69, 9.17) is 5.84 Å². The van der Waals surface area contributed by atoms with Gasteiger partial charge in [-0.2, -0.15) is 0 Å². The molecule has 84 valence electrons. The minimum atomic E-state index is 0.506. The highest BCUT2D eigenvalue weighted by Gasteiger charge is 2.04. The molecule has 0 fully saturated rings. The van der Waals surface area contributed by atoms with Gasteiger partial charge in [-0.1, -0.05) is 38.7 Å². The Hall–Kier alpha value is -0.340. The molecule has 0 radical (unpaired) electrons. The van der Waals surface area contributed by atoms with E-state index in [-0.39, 0.29) is 0 Å². The summed E-state index contributed by atoms with van der Waals surface area (Å²) in [7, 11) is 0. The molecule has 0 aliphatic heterocycles. The van der Waals surface area contributed by atoms with Crippen molar-refractivity contribution in [3.05, 3.63) is 12.7 Å². The monoisotopic (exact) mass is 198 g/mol. The van der Waals surface area contributed by atoms with Gasteiger partial charge in [0.1, 0.15) is 0 Å². The Morgan fingerprint density at radius 1 is 1.21 bits per heavy atom. The van der Waals surface area contributed by atoms with Gasteiger partial charge in [0.05, 0.1) is 0 Å². The van der Waals surface area contributed by atoms with Crippen LogP contribution in [-0.2, 0) is 0 Å². The van der Waals surface area contributed by atoms with Crippen LogP contribution in [0, 0.1) is 0 Å². The van der Waals surface area contributed by atoms with Gasteiger partial charge in [0.25, 0.3) is 0 Å². The van der Waals surface area contributed by atoms with Crippen molar-refractivity contribution in [1.82, 2.24) is 5.43 Å². The minimum absolute atomic E-state index is 0.506. The number of hydrogen-bond acceptors (Lipinski definition) is 2. The smallest absolute Gasteiger partial charge is 0.0210 e. The first-order valence-corrected chi connectivity index (χ1v) is 5.92. The fourth-order valence-electron chi connectivity index (χ4n) is 1.64. The van der Waals surface area contributed by atoms with E-state index < -0.39 is 0 Å². The lowest BCUT2D eigenvalue weighted by Gasteiger charge is -2.14. The molecule has 0 aromatic carbocycles. The molecule has 2 heteroatoms. The summed E-state index contributed by atoms with van der Waals surface area (Å²) < 4.78 is 0. The van der Waals surface area contributed by atoms with Crippen LogP contribution < -0.4 is 11.3 Å². The van der Waals surface area contributed by atoms with Crippen LogP contribution >= 0.6 is 0 Å². The number of nitrogens with two attached hydrogens (primary N) is 1. The van der Waals surface area contributed by atoms with Crippen LogP contribution in [0.5, 0.6) is 0 Å². The molecule has 1 unspecified atom stereocenters. The van der Waals surface area contributed by atoms with E-state index in [1.165, 1.54) is 44.9 Å². The SMILES string of the molecule is C=CCCCC(CCCCCC)NN. The van der Waals surface area contributed by atoms with Gasteiger partial charge in [0.2, 0.25) is 0 Å². The van der Waals surface area contributed by atoms with Crippen LogP contribution in [0.2, 0.25) is 0 Å². The number of hydrogen-bond donors (Lipinski definition) is 2. The lowest BCUT2D eigenvalue weighted by molar-refractivity contribution is 0.432. The summed E-state index contributed by atoms with van der Waals surface area (Å²) in [6, 6.07) is 0.506. The third-order valence-corrected chi connectivity index (χ3v) is 2.60. The second-order valence-electron chi connectivity index (χ2n) is 3.93.